The van der Waals surface area contributed by atoms with Crippen molar-refractivity contribution < 1.29 is 25.8 Å². The van der Waals surface area contributed by atoms with Gasteiger partial charge in [-0.05, 0) is 106 Å². The quantitative estimate of drug-likeness (QED) is 0.107. The van der Waals surface area contributed by atoms with Crippen molar-refractivity contribution in [3.05, 3.63) is 199 Å². The number of ether oxygens (including phenoxy) is 1. The maximum atomic E-state index is 9.13. The van der Waals surface area contributed by atoms with E-state index >= 15 is 0 Å². The Balaban J connectivity index is 1.17. The molecule has 3 aromatic heterocycles. The molecule has 0 amide bonds. The Morgan fingerprint density at radius 1 is 0.619 bits per heavy atom. The Bertz CT molecular complexity index is 3830. The lowest BCUT2D eigenvalue weighted by Crippen LogP contribution is -2.31. The van der Waals surface area contributed by atoms with Crippen molar-refractivity contribution in [2.75, 3.05) is 0 Å². The van der Waals surface area contributed by atoms with E-state index in [1.54, 1.807) is 41.1 Å². The number of benzene rings is 7. The van der Waals surface area contributed by atoms with Crippen LogP contribution in [-0.4, -0.2) is 14.1 Å². The van der Waals surface area contributed by atoms with Gasteiger partial charge in [-0.1, -0.05) is 162 Å². The molecular weight excluding hydrogens is 769 g/mol. The summed E-state index contributed by atoms with van der Waals surface area (Å²) >= 11 is 0. The summed E-state index contributed by atoms with van der Waals surface area (Å²) < 4.78 is 118. The van der Waals surface area contributed by atoms with Gasteiger partial charge < -0.3 is 4.74 Å². The Kier molecular flexibility index (Phi) is 7.16. The lowest BCUT2D eigenvalue weighted by Gasteiger charge is -2.19. The first-order valence-corrected chi connectivity index (χ1v) is 20.9. The van der Waals surface area contributed by atoms with Crippen molar-refractivity contribution in [3.63, 3.8) is 0 Å². The zero-order chi connectivity index (χ0) is 53.8. The molecule has 3 heterocycles. The van der Waals surface area contributed by atoms with Gasteiger partial charge in [0, 0.05) is 25.8 Å². The second-order valence-electron chi connectivity index (χ2n) is 17.9. The molecule has 7 aromatic carbocycles. The molecular formula is C58H52N4O. The van der Waals surface area contributed by atoms with E-state index in [9.17, 15) is 0 Å². The number of fused-ring (bicyclic) bond motifs is 4. The van der Waals surface area contributed by atoms with Gasteiger partial charge in [-0.15, -0.1) is 0 Å². The highest BCUT2D eigenvalue weighted by Gasteiger charge is 2.22. The average Bonchev–Trinajstić information content (AvgIpc) is 3.91. The summed E-state index contributed by atoms with van der Waals surface area (Å²) in [5.41, 5.74) is 4.36. The molecule has 0 atom stereocenters. The lowest BCUT2D eigenvalue weighted by atomic mass is 9.88. The smallest absolute Gasteiger partial charge is 0.269 e. The third-order valence-corrected chi connectivity index (χ3v) is 10.7. The zero-order valence-corrected chi connectivity index (χ0v) is 36.0. The van der Waals surface area contributed by atoms with Crippen LogP contribution in [0.3, 0.4) is 0 Å². The number of hydrogen-bond donors (Lipinski definition) is 0. The largest absolute Gasteiger partial charge is 0.458 e. The summed E-state index contributed by atoms with van der Waals surface area (Å²) in [5.74, 6) is 1.55. The van der Waals surface area contributed by atoms with Gasteiger partial charge in [0.25, 0.3) is 6.33 Å². The molecule has 10 aromatic rings. The fourth-order valence-electron chi connectivity index (χ4n) is 8.33. The third kappa shape index (κ3) is 8.03. The van der Waals surface area contributed by atoms with Crippen LogP contribution in [0.2, 0.25) is 0 Å². The second-order valence-corrected chi connectivity index (χ2v) is 17.9. The number of nitrogens with zero attached hydrogens (tertiary/aromatic N) is 4. The summed E-state index contributed by atoms with van der Waals surface area (Å²) in [6, 6.07) is 30.2. The van der Waals surface area contributed by atoms with Crippen LogP contribution in [0, 0.1) is 17.2 Å². The standard InChI is InChI=1S/C58H52N4O/c1-57(2,3)37-40-27-30-52-54(33-40)61(56-47(42-17-9-7-10-18-42)24-16-25-48(56)43-19-11-8-12-20-43)39-60(52)44-21-15-22-45(35-44)63-46-28-29-50-49-23-13-14-26-51(49)62(53(50)36-46)55-34-41(31-32-59-55)38-58(4,5)6/h7-36H,37-38H2,1-6H3/i7D,8D,9D,10D,11D,12D,17D,18D,19D,20D,38D2. The Labute approximate surface area is 387 Å². The number of hydrogen-bond acceptors (Lipinski definition) is 2. The van der Waals surface area contributed by atoms with Crippen molar-refractivity contribution in [2.45, 2.75) is 54.3 Å². The highest BCUT2D eigenvalue weighted by molar-refractivity contribution is 6.09. The minimum atomic E-state index is -1.65. The van der Waals surface area contributed by atoms with E-state index in [1.165, 1.54) is 0 Å². The number of para-hydroxylation sites is 2. The van der Waals surface area contributed by atoms with Crippen LogP contribution < -0.4 is 9.30 Å². The molecule has 0 aliphatic carbocycles. The number of rotatable bonds is 9. The average molecular weight is 833 g/mol. The highest BCUT2D eigenvalue weighted by Crippen LogP contribution is 2.38. The van der Waals surface area contributed by atoms with Gasteiger partial charge in [-0.3, -0.25) is 13.7 Å². The van der Waals surface area contributed by atoms with E-state index in [-0.39, 0.29) is 33.4 Å². The van der Waals surface area contributed by atoms with E-state index in [0.717, 1.165) is 27.4 Å². The molecule has 0 N–H and O–H groups in total. The molecule has 5 nitrogen and oxygen atoms in total. The Hall–Kier alpha value is -7.24. The number of imidazole rings is 1. The van der Waals surface area contributed by atoms with Gasteiger partial charge in [0.2, 0.25) is 0 Å². The van der Waals surface area contributed by atoms with Crippen LogP contribution in [0.15, 0.2) is 182 Å². The SMILES string of the molecule is [2H]c1c([2H])c([2H])c(-c2cccc(-c3c([2H])c([2H])c([2H])c([2H])c3[2H])c2-[n+]2[c-]n(-c3cccc(Oc4ccc5c6ccccc6n(-c6cc(C([2H])([2H])C(C)(C)C)ccn6)c5c4)c3)c3ccc(CC(C)(C)C)cc32)c([2H])c1[2H]. The molecule has 63 heavy (non-hydrogen) atoms. The number of aromatic nitrogens is 4. The zero-order valence-electron chi connectivity index (χ0n) is 48.0. The molecule has 0 unspecified atom stereocenters. The summed E-state index contributed by atoms with van der Waals surface area (Å²) in [6.07, 6.45) is 4.16. The maximum absolute atomic E-state index is 9.13. The molecule has 0 aliphatic heterocycles. The van der Waals surface area contributed by atoms with Gasteiger partial charge in [-0.25, -0.2) is 4.98 Å². The topological polar surface area (TPSA) is 35.9 Å². The molecule has 10 rings (SSSR count). The predicted molar refractivity (Wildman–Crippen MR) is 259 cm³/mol. The fraction of sp³-hybridized carbons (Fsp3) is 0.172. The van der Waals surface area contributed by atoms with Gasteiger partial charge in [0.1, 0.15) is 17.3 Å². The fourth-order valence-corrected chi connectivity index (χ4v) is 8.33. The van der Waals surface area contributed by atoms with E-state index in [2.05, 4.69) is 27.1 Å². The molecule has 0 aliphatic rings. The van der Waals surface area contributed by atoms with Crippen molar-refractivity contribution in [2.24, 2.45) is 10.8 Å². The molecule has 0 spiro atoms. The Morgan fingerprint density at radius 2 is 1.30 bits per heavy atom. The van der Waals surface area contributed by atoms with Crippen LogP contribution in [0.25, 0.3) is 72.3 Å². The summed E-state index contributed by atoms with van der Waals surface area (Å²) in [6.45, 7) is 12.0. The molecule has 0 radical (unpaired) electrons. The van der Waals surface area contributed by atoms with Gasteiger partial charge in [0.05, 0.1) is 47.1 Å². The first-order valence-electron chi connectivity index (χ1n) is 26.9. The van der Waals surface area contributed by atoms with Crippen molar-refractivity contribution in [3.8, 4) is 50.9 Å². The summed E-state index contributed by atoms with van der Waals surface area (Å²) in [7, 11) is 0. The highest BCUT2D eigenvalue weighted by atomic mass is 16.5. The van der Waals surface area contributed by atoms with Crippen LogP contribution in [-0.2, 0) is 12.8 Å². The first kappa shape index (κ1) is 28.4. The predicted octanol–water partition coefficient (Wildman–Crippen LogP) is 14.5. The van der Waals surface area contributed by atoms with Crippen LogP contribution >= 0.6 is 0 Å². The second kappa shape index (κ2) is 15.9. The molecule has 5 heteroatoms. The molecule has 0 bridgehead atoms. The summed E-state index contributed by atoms with van der Waals surface area (Å²) in [5, 5.41) is 1.94. The van der Waals surface area contributed by atoms with Gasteiger partial charge in [-0.2, -0.15) is 0 Å². The van der Waals surface area contributed by atoms with E-state index in [1.807, 2.05) is 115 Å². The first-order chi connectivity index (χ1) is 35.4. The van der Waals surface area contributed by atoms with Crippen LogP contribution in [0.1, 0.15) is 69.1 Å². The van der Waals surface area contributed by atoms with Crippen LogP contribution in [0.5, 0.6) is 11.5 Å². The van der Waals surface area contributed by atoms with E-state index in [0.29, 0.717) is 46.0 Å². The van der Waals surface area contributed by atoms with Crippen LogP contribution in [0.4, 0.5) is 0 Å². The monoisotopic (exact) mass is 832 g/mol. The Morgan fingerprint density at radius 3 is 2.02 bits per heavy atom. The summed E-state index contributed by atoms with van der Waals surface area (Å²) in [4.78, 5) is 4.75. The molecule has 0 fully saturated rings. The maximum Gasteiger partial charge on any atom is 0.269 e. The molecule has 310 valence electrons. The lowest BCUT2D eigenvalue weighted by molar-refractivity contribution is -0.571. The van der Waals surface area contributed by atoms with Gasteiger partial charge >= 0.3 is 0 Å². The van der Waals surface area contributed by atoms with Crippen molar-refractivity contribution in [1.29, 1.82) is 0 Å². The third-order valence-electron chi connectivity index (χ3n) is 10.7. The molecule has 0 saturated heterocycles. The van der Waals surface area contributed by atoms with E-state index < -0.39 is 72.2 Å². The molecule has 0 saturated carbocycles. The minimum Gasteiger partial charge on any atom is -0.458 e. The number of pyridine rings is 1. The van der Waals surface area contributed by atoms with Crippen molar-refractivity contribution in [1.82, 2.24) is 14.1 Å². The van der Waals surface area contributed by atoms with Gasteiger partial charge in [0.15, 0.2) is 0 Å². The van der Waals surface area contributed by atoms with E-state index in [4.69, 9.17) is 26.2 Å². The minimum absolute atomic E-state index is 0.139. The normalized spacial score (nSPS) is 15.0. The van der Waals surface area contributed by atoms with Crippen molar-refractivity contribution >= 4 is 32.8 Å².